The second-order valence-corrected chi connectivity index (χ2v) is 13.0. The maximum atomic E-state index is 12.6. The van der Waals surface area contributed by atoms with Crippen LogP contribution in [-0.4, -0.2) is 85.3 Å². The average molecular weight is 805 g/mol. The van der Waals surface area contributed by atoms with E-state index in [4.69, 9.17) is 18.9 Å². The van der Waals surface area contributed by atoms with Crippen LogP contribution in [0.25, 0.3) is 0 Å². The first-order valence-electron chi connectivity index (χ1n) is 17.9. The zero-order valence-electron chi connectivity index (χ0n) is 32.7. The van der Waals surface area contributed by atoms with Crippen molar-refractivity contribution in [1.82, 2.24) is 10.6 Å². The predicted octanol–water partition coefficient (Wildman–Crippen LogP) is 2.77. The van der Waals surface area contributed by atoms with Crippen molar-refractivity contribution in [3.8, 4) is 23.0 Å². The van der Waals surface area contributed by atoms with Gasteiger partial charge in [-0.3, -0.25) is 9.59 Å². The molecule has 0 spiro atoms. The number of esters is 2. The molecule has 4 atom stereocenters. The van der Waals surface area contributed by atoms with Crippen molar-refractivity contribution in [1.29, 1.82) is 0 Å². The number of aliphatic hydroxyl groups excluding tert-OH is 2. The van der Waals surface area contributed by atoms with Crippen molar-refractivity contribution in [3.05, 3.63) is 119 Å². The van der Waals surface area contributed by atoms with Gasteiger partial charge in [0.05, 0.1) is 37.8 Å². The topological polar surface area (TPSA) is 257 Å². The molecule has 4 aromatic carbocycles. The number of anilines is 2. The van der Waals surface area contributed by atoms with Crippen LogP contribution >= 0.6 is 0 Å². The van der Waals surface area contributed by atoms with Gasteiger partial charge in [0.1, 0.15) is 11.5 Å². The Morgan fingerprint density at radius 3 is 1.29 bits per heavy atom. The fourth-order valence-electron chi connectivity index (χ4n) is 5.70. The molecule has 0 aliphatic rings. The Hall–Kier alpha value is -6.14. The molecule has 0 aliphatic carbocycles. The van der Waals surface area contributed by atoms with Gasteiger partial charge in [-0.05, 0) is 97.5 Å². The number of nitrogens with one attached hydrogen (secondary N) is 4. The molecule has 0 aromatic heterocycles. The standard InChI is InChI=1S/C42H48N4O10.2H2O/c1-27(19-29-5-11-33(53-3)12-6-29)43-23-37(49)31-9-15-39(35(21-31)45-25-47)55-41(51)17-18-42(52)56-40-16-10-32(22-36(40)46-26-48)38(50)24-44-28(2)20-30-7-13-34(54-4)14-8-30;;/h5-18,21-22,25-28,37-38,43-44,49-50H,19-20,23-24H2,1-4H3,(H,45,47)(H,46,48);2*1H2/b18-17+;;/t27-,28-,37+,38+;;/m0../s1. The highest BCUT2D eigenvalue weighted by Gasteiger charge is 2.17. The predicted molar refractivity (Wildman–Crippen MR) is 218 cm³/mol. The molecule has 0 heterocycles. The molecule has 10 N–H and O–H groups in total. The Bertz CT molecular complexity index is 1800. The van der Waals surface area contributed by atoms with Crippen molar-refractivity contribution in [3.63, 3.8) is 0 Å². The maximum Gasteiger partial charge on any atom is 0.336 e. The van der Waals surface area contributed by atoms with E-state index in [1.807, 2.05) is 62.4 Å². The first-order chi connectivity index (χ1) is 27.0. The molecule has 58 heavy (non-hydrogen) atoms. The van der Waals surface area contributed by atoms with Crippen LogP contribution < -0.4 is 40.2 Å². The van der Waals surface area contributed by atoms with Crippen LogP contribution in [0, 0.1) is 0 Å². The van der Waals surface area contributed by atoms with Gasteiger partial charge in [-0.25, -0.2) is 9.59 Å². The molecule has 0 saturated carbocycles. The van der Waals surface area contributed by atoms with Gasteiger partial charge < -0.3 is 61.4 Å². The van der Waals surface area contributed by atoms with E-state index in [1.165, 1.54) is 24.3 Å². The number of hydrogen-bond donors (Lipinski definition) is 6. The average Bonchev–Trinajstić information content (AvgIpc) is 3.20. The Labute approximate surface area is 336 Å². The number of benzene rings is 4. The number of aliphatic hydroxyl groups is 2. The van der Waals surface area contributed by atoms with Crippen molar-refractivity contribution in [2.24, 2.45) is 0 Å². The molecule has 4 aromatic rings. The Balaban J connectivity index is 0.00000580. The van der Waals surface area contributed by atoms with Gasteiger partial charge in [-0.15, -0.1) is 0 Å². The van der Waals surface area contributed by atoms with Gasteiger partial charge in [-0.2, -0.15) is 0 Å². The van der Waals surface area contributed by atoms with E-state index in [2.05, 4.69) is 21.3 Å². The fraction of sp³-hybridized carbons (Fsp3) is 0.286. The molecule has 0 bridgehead atoms. The van der Waals surface area contributed by atoms with E-state index in [0.29, 0.717) is 23.9 Å². The van der Waals surface area contributed by atoms with Gasteiger partial charge >= 0.3 is 11.9 Å². The van der Waals surface area contributed by atoms with Crippen molar-refractivity contribution in [2.45, 2.75) is 51.0 Å². The molecule has 16 heteroatoms. The Kier molecular flexibility index (Phi) is 20.3. The van der Waals surface area contributed by atoms with Crippen molar-refractivity contribution < 1.29 is 59.3 Å². The lowest BCUT2D eigenvalue weighted by atomic mass is 10.1. The minimum Gasteiger partial charge on any atom is -0.497 e. The molecule has 0 saturated heterocycles. The summed E-state index contributed by atoms with van der Waals surface area (Å²) < 4.78 is 21.1. The largest absolute Gasteiger partial charge is 0.497 e. The van der Waals surface area contributed by atoms with Crippen LogP contribution in [0.1, 0.15) is 48.3 Å². The van der Waals surface area contributed by atoms with Crippen LogP contribution in [0.2, 0.25) is 0 Å². The third kappa shape index (κ3) is 15.1. The zero-order chi connectivity index (χ0) is 40.5. The Morgan fingerprint density at radius 2 is 0.966 bits per heavy atom. The summed E-state index contributed by atoms with van der Waals surface area (Å²) in [4.78, 5) is 47.9. The van der Waals surface area contributed by atoms with E-state index in [0.717, 1.165) is 47.6 Å². The molecular formula is C42H52N4O12. The molecule has 2 amide bonds. The van der Waals surface area contributed by atoms with Crippen LogP contribution in [0.15, 0.2) is 97.1 Å². The second-order valence-electron chi connectivity index (χ2n) is 13.0. The van der Waals surface area contributed by atoms with E-state index in [1.54, 1.807) is 26.4 Å². The van der Waals surface area contributed by atoms with Gasteiger partial charge in [-0.1, -0.05) is 36.4 Å². The van der Waals surface area contributed by atoms with E-state index < -0.39 is 24.1 Å². The number of carbonyl (C=O) groups excluding carboxylic acids is 4. The van der Waals surface area contributed by atoms with Crippen LogP contribution in [-0.2, 0) is 32.0 Å². The van der Waals surface area contributed by atoms with E-state index >= 15 is 0 Å². The normalized spacial score (nSPS) is 12.7. The summed E-state index contributed by atoms with van der Waals surface area (Å²) in [6.07, 6.45) is 2.06. The number of rotatable bonds is 22. The number of methoxy groups -OCH3 is 2. The van der Waals surface area contributed by atoms with Crippen LogP contribution in [0.4, 0.5) is 11.4 Å². The molecule has 0 aliphatic heterocycles. The molecule has 4 rings (SSSR count). The van der Waals surface area contributed by atoms with Crippen molar-refractivity contribution >= 4 is 36.1 Å². The Morgan fingerprint density at radius 1 is 0.603 bits per heavy atom. The number of ether oxygens (including phenoxy) is 4. The van der Waals surface area contributed by atoms with Crippen LogP contribution in [0.5, 0.6) is 23.0 Å². The lowest BCUT2D eigenvalue weighted by Crippen LogP contribution is -2.32. The zero-order valence-corrected chi connectivity index (χ0v) is 32.7. The SMILES string of the molecule is COc1ccc(C[C@H](C)NC[C@@H](O)c2ccc(OC(=O)/C=C/C(=O)Oc3ccc([C@H](O)CN[C@@H](C)Cc4ccc(OC)cc4)cc3NC=O)c(NC=O)c2)cc1.O.O. The van der Waals surface area contributed by atoms with Gasteiger partial charge in [0.2, 0.25) is 12.8 Å². The summed E-state index contributed by atoms with van der Waals surface area (Å²) in [6.45, 7) is 4.44. The second kappa shape index (κ2) is 24.5. The van der Waals surface area contributed by atoms with Crippen molar-refractivity contribution in [2.75, 3.05) is 37.9 Å². The van der Waals surface area contributed by atoms with E-state index in [9.17, 15) is 29.4 Å². The molecule has 0 unspecified atom stereocenters. The highest BCUT2D eigenvalue weighted by molar-refractivity contribution is 5.94. The summed E-state index contributed by atoms with van der Waals surface area (Å²) in [5, 5.41) is 33.2. The third-order valence-corrected chi connectivity index (χ3v) is 8.70. The highest BCUT2D eigenvalue weighted by Crippen LogP contribution is 2.30. The lowest BCUT2D eigenvalue weighted by molar-refractivity contribution is -0.131. The molecule has 0 radical (unpaired) electrons. The highest BCUT2D eigenvalue weighted by atomic mass is 16.5. The minimum absolute atomic E-state index is 0. The first kappa shape index (κ1) is 48.0. The summed E-state index contributed by atoms with van der Waals surface area (Å²) in [5.41, 5.74) is 3.39. The van der Waals surface area contributed by atoms with Gasteiger partial charge in [0.15, 0.2) is 11.5 Å². The molecule has 0 fully saturated rings. The van der Waals surface area contributed by atoms with E-state index in [-0.39, 0.29) is 59.0 Å². The quantitative estimate of drug-likeness (QED) is 0.0290. The number of amides is 2. The van der Waals surface area contributed by atoms with Gasteiger partial charge in [0.25, 0.3) is 0 Å². The van der Waals surface area contributed by atoms with Crippen LogP contribution in [0.3, 0.4) is 0 Å². The maximum absolute atomic E-state index is 12.6. The smallest absolute Gasteiger partial charge is 0.336 e. The fourth-order valence-corrected chi connectivity index (χ4v) is 5.70. The molecular weight excluding hydrogens is 752 g/mol. The summed E-state index contributed by atoms with van der Waals surface area (Å²) in [5.74, 6) is -0.393. The summed E-state index contributed by atoms with van der Waals surface area (Å²) in [6, 6.07) is 24.5. The molecule has 16 nitrogen and oxygen atoms in total. The number of hydrogen-bond acceptors (Lipinski definition) is 12. The first-order valence-corrected chi connectivity index (χ1v) is 17.9. The number of carbonyl (C=O) groups is 4. The lowest BCUT2D eigenvalue weighted by Gasteiger charge is -2.19. The van der Waals surface area contributed by atoms with Gasteiger partial charge in [0, 0.05) is 37.3 Å². The monoisotopic (exact) mass is 804 g/mol. The third-order valence-electron chi connectivity index (χ3n) is 8.70. The summed E-state index contributed by atoms with van der Waals surface area (Å²) in [7, 11) is 3.22. The molecule has 312 valence electrons. The summed E-state index contributed by atoms with van der Waals surface area (Å²) >= 11 is 0. The minimum atomic E-state index is -0.948.